The average molecular weight is 433 g/mol. The van der Waals surface area contributed by atoms with Gasteiger partial charge in [-0.3, -0.25) is 9.59 Å². The predicted octanol–water partition coefficient (Wildman–Crippen LogP) is 4.81. The van der Waals surface area contributed by atoms with Crippen LogP contribution in [0.25, 0.3) is 0 Å². The Morgan fingerprint density at radius 1 is 1.10 bits per heavy atom. The average Bonchev–Trinajstić information content (AvgIpc) is 3.08. The Hall–Kier alpha value is -1.36. The van der Waals surface area contributed by atoms with Crippen LogP contribution in [0.15, 0.2) is 11.6 Å². The van der Waals surface area contributed by atoms with E-state index in [2.05, 4.69) is 19.9 Å². The summed E-state index contributed by atoms with van der Waals surface area (Å²) < 4.78 is 11.8. The van der Waals surface area contributed by atoms with E-state index >= 15 is 0 Å². The molecule has 0 bridgehead atoms. The molecule has 4 aliphatic carbocycles. The largest absolute Gasteiger partial charge is 0.465 e. The smallest absolute Gasteiger partial charge is 0.305 e. The highest BCUT2D eigenvalue weighted by atomic mass is 16.5. The first-order valence-electron chi connectivity index (χ1n) is 12.5. The molecule has 31 heavy (non-hydrogen) atoms. The molecule has 5 nitrogen and oxygen atoms in total. The number of hydrogen-bond donors (Lipinski definition) is 1. The van der Waals surface area contributed by atoms with Gasteiger partial charge in [0.15, 0.2) is 0 Å². The van der Waals surface area contributed by atoms with Crippen molar-refractivity contribution in [1.29, 1.82) is 0 Å². The second kappa shape index (κ2) is 8.53. The lowest BCUT2D eigenvalue weighted by atomic mass is 9.45. The summed E-state index contributed by atoms with van der Waals surface area (Å²) in [7, 11) is 0. The summed E-state index contributed by atoms with van der Waals surface area (Å²) in [6.07, 6.45) is 9.55. The molecular formula is C26H40O5. The van der Waals surface area contributed by atoms with E-state index in [1.807, 2.05) is 13.8 Å². The standard InChI is InChI=1S/C26H40O5/c1-5-23(28)30-15-26-16(3)13-18(27)14-17(26)7-8-19-20-9-10-22(31-24(29)6-2)25(20,4)12-11-21(19)26/h14,16,18-22,27H,5-13,15H2,1-4H3/t16-,18-,19-,20-,21-,22-,25-,26-/m0/s1. The van der Waals surface area contributed by atoms with Crippen molar-refractivity contribution >= 4 is 11.9 Å². The van der Waals surface area contributed by atoms with E-state index in [1.54, 1.807) is 0 Å². The number of esters is 2. The third-order valence-corrected chi connectivity index (χ3v) is 9.55. The van der Waals surface area contributed by atoms with Gasteiger partial charge >= 0.3 is 11.9 Å². The lowest BCUT2D eigenvalue weighted by Gasteiger charge is -2.60. The monoisotopic (exact) mass is 432 g/mol. The summed E-state index contributed by atoms with van der Waals surface area (Å²) in [6, 6.07) is 0. The number of fused-ring (bicyclic) bond motifs is 5. The number of carbonyl (C=O) groups excluding carboxylic acids is 2. The van der Waals surface area contributed by atoms with E-state index in [0.717, 1.165) is 44.9 Å². The highest BCUT2D eigenvalue weighted by Gasteiger charge is 2.62. The summed E-state index contributed by atoms with van der Waals surface area (Å²) in [5.41, 5.74) is 1.21. The summed E-state index contributed by atoms with van der Waals surface area (Å²) >= 11 is 0. The Labute approximate surface area is 186 Å². The molecule has 5 heteroatoms. The van der Waals surface area contributed by atoms with Crippen molar-refractivity contribution in [3.63, 3.8) is 0 Å². The summed E-state index contributed by atoms with van der Waals surface area (Å²) in [4.78, 5) is 24.2. The molecule has 3 saturated carbocycles. The van der Waals surface area contributed by atoms with Crippen molar-refractivity contribution in [3.05, 3.63) is 11.6 Å². The Kier molecular flexibility index (Phi) is 6.28. The van der Waals surface area contributed by atoms with Gasteiger partial charge in [-0.25, -0.2) is 0 Å². The Morgan fingerprint density at radius 2 is 1.84 bits per heavy atom. The maximum Gasteiger partial charge on any atom is 0.305 e. The molecule has 0 spiro atoms. The quantitative estimate of drug-likeness (QED) is 0.498. The maximum absolute atomic E-state index is 12.1. The molecular weight excluding hydrogens is 392 g/mol. The SMILES string of the molecule is CCC(=O)OC[C@@]12C(=C[C@@H](O)C[C@@H]1C)CC[C@H]1[C@@H]3CC[C@H](OC(=O)CC)[C@@]3(C)CC[C@@H]12. The lowest BCUT2D eigenvalue weighted by molar-refractivity contribution is -0.165. The van der Waals surface area contributed by atoms with Crippen LogP contribution in [0, 0.1) is 34.5 Å². The fourth-order valence-corrected chi connectivity index (χ4v) is 7.95. The minimum atomic E-state index is -0.394. The number of hydrogen-bond acceptors (Lipinski definition) is 5. The molecule has 0 aromatic carbocycles. The van der Waals surface area contributed by atoms with Gasteiger partial charge in [0, 0.05) is 23.7 Å². The number of ether oxygens (including phenoxy) is 2. The van der Waals surface area contributed by atoms with Gasteiger partial charge in [0.25, 0.3) is 0 Å². The normalized spacial score (nSPS) is 43.8. The van der Waals surface area contributed by atoms with Crippen molar-refractivity contribution in [2.75, 3.05) is 6.61 Å². The second-order valence-electron chi connectivity index (χ2n) is 10.8. The number of carbonyl (C=O) groups is 2. The van der Waals surface area contributed by atoms with E-state index in [1.165, 1.54) is 5.57 Å². The Bertz CT molecular complexity index is 744. The van der Waals surface area contributed by atoms with E-state index < -0.39 is 6.10 Å². The minimum absolute atomic E-state index is 0.0299. The van der Waals surface area contributed by atoms with Gasteiger partial charge in [-0.2, -0.15) is 0 Å². The van der Waals surface area contributed by atoms with Gasteiger partial charge in [0.05, 0.1) is 6.10 Å². The first-order chi connectivity index (χ1) is 14.8. The van der Waals surface area contributed by atoms with Crippen LogP contribution < -0.4 is 0 Å². The third-order valence-electron chi connectivity index (χ3n) is 9.55. The van der Waals surface area contributed by atoms with Crippen LogP contribution in [-0.2, 0) is 19.1 Å². The van der Waals surface area contributed by atoms with Crippen LogP contribution in [0.2, 0.25) is 0 Å². The van der Waals surface area contributed by atoms with Crippen molar-refractivity contribution in [2.24, 2.45) is 34.5 Å². The number of aliphatic hydroxyl groups is 1. The van der Waals surface area contributed by atoms with Crippen LogP contribution in [0.1, 0.15) is 85.5 Å². The van der Waals surface area contributed by atoms with Crippen molar-refractivity contribution in [3.8, 4) is 0 Å². The number of rotatable bonds is 5. The zero-order valence-electron chi connectivity index (χ0n) is 19.7. The molecule has 8 atom stereocenters. The van der Waals surface area contributed by atoms with Gasteiger partial charge < -0.3 is 14.6 Å². The lowest BCUT2D eigenvalue weighted by Crippen LogP contribution is -2.57. The van der Waals surface area contributed by atoms with Crippen molar-refractivity contribution < 1.29 is 24.2 Å². The first kappa shape index (κ1) is 22.8. The molecule has 0 amide bonds. The van der Waals surface area contributed by atoms with Gasteiger partial charge in [-0.05, 0) is 68.6 Å². The van der Waals surface area contributed by atoms with Gasteiger partial charge in [0.1, 0.15) is 12.7 Å². The van der Waals surface area contributed by atoms with Crippen LogP contribution in [0.3, 0.4) is 0 Å². The predicted molar refractivity (Wildman–Crippen MR) is 118 cm³/mol. The molecule has 0 aromatic heterocycles. The van der Waals surface area contributed by atoms with E-state index in [9.17, 15) is 14.7 Å². The summed E-state index contributed by atoms with van der Waals surface area (Å²) in [5.74, 6) is 1.61. The molecule has 0 aromatic rings. The Balaban J connectivity index is 1.65. The highest BCUT2D eigenvalue weighted by Crippen LogP contribution is 2.67. The topological polar surface area (TPSA) is 72.8 Å². The molecule has 174 valence electrons. The van der Waals surface area contributed by atoms with Crippen LogP contribution >= 0.6 is 0 Å². The van der Waals surface area contributed by atoms with Crippen LogP contribution in [0.4, 0.5) is 0 Å². The van der Waals surface area contributed by atoms with Crippen LogP contribution in [0.5, 0.6) is 0 Å². The summed E-state index contributed by atoms with van der Waals surface area (Å²) in [5, 5.41) is 10.5. The minimum Gasteiger partial charge on any atom is -0.465 e. The molecule has 1 N–H and O–H groups in total. The maximum atomic E-state index is 12.1. The molecule has 4 aliphatic rings. The van der Waals surface area contributed by atoms with Gasteiger partial charge in [-0.1, -0.05) is 39.3 Å². The molecule has 0 unspecified atom stereocenters. The zero-order chi connectivity index (χ0) is 22.4. The van der Waals surface area contributed by atoms with Crippen LogP contribution in [-0.4, -0.2) is 35.9 Å². The molecule has 0 radical (unpaired) electrons. The second-order valence-corrected chi connectivity index (χ2v) is 10.8. The van der Waals surface area contributed by atoms with Crippen molar-refractivity contribution in [1.82, 2.24) is 0 Å². The molecule has 0 aliphatic heterocycles. The van der Waals surface area contributed by atoms with E-state index in [0.29, 0.717) is 37.2 Å². The summed E-state index contributed by atoms with van der Waals surface area (Å²) in [6.45, 7) is 8.74. The van der Waals surface area contributed by atoms with Crippen molar-refractivity contribution in [2.45, 2.75) is 97.7 Å². The van der Waals surface area contributed by atoms with E-state index in [-0.39, 0.29) is 34.8 Å². The Morgan fingerprint density at radius 3 is 2.55 bits per heavy atom. The fraction of sp³-hybridized carbons (Fsp3) is 0.846. The molecule has 4 rings (SSSR count). The highest BCUT2D eigenvalue weighted by molar-refractivity contribution is 5.69. The van der Waals surface area contributed by atoms with Gasteiger partial charge in [-0.15, -0.1) is 0 Å². The molecule has 3 fully saturated rings. The zero-order valence-corrected chi connectivity index (χ0v) is 19.7. The fourth-order valence-electron chi connectivity index (χ4n) is 7.95. The number of aliphatic hydroxyl groups excluding tert-OH is 1. The third kappa shape index (κ3) is 3.65. The molecule has 0 heterocycles. The van der Waals surface area contributed by atoms with E-state index in [4.69, 9.17) is 9.47 Å². The first-order valence-corrected chi connectivity index (χ1v) is 12.5. The molecule has 0 saturated heterocycles. The van der Waals surface area contributed by atoms with Gasteiger partial charge in [0.2, 0.25) is 0 Å².